The Labute approximate surface area is 197 Å². The number of hydrogen-bond acceptors (Lipinski definition) is 10. The van der Waals surface area contributed by atoms with Gasteiger partial charge >= 0.3 is 11.9 Å². The fourth-order valence-corrected chi connectivity index (χ4v) is 4.49. The van der Waals surface area contributed by atoms with E-state index in [0.29, 0.717) is 26.0 Å². The van der Waals surface area contributed by atoms with Crippen molar-refractivity contribution in [3.05, 3.63) is 46.2 Å². The summed E-state index contributed by atoms with van der Waals surface area (Å²) in [5, 5.41) is 10.7. The third-order valence-electron chi connectivity index (χ3n) is 4.99. The summed E-state index contributed by atoms with van der Waals surface area (Å²) >= 11 is 1.15. The average Bonchev–Trinajstić information content (AvgIpc) is 3.39. The van der Waals surface area contributed by atoms with E-state index in [-0.39, 0.29) is 43.5 Å². The minimum atomic E-state index is -0.538. The zero-order valence-electron chi connectivity index (χ0n) is 18.5. The van der Waals surface area contributed by atoms with Crippen LogP contribution in [0.1, 0.15) is 44.9 Å². The smallest absolute Gasteiger partial charge is 0.348 e. The number of carbonyl (C=O) groups is 3. The molecular formula is C22H22N6O5S. The molecule has 0 bridgehead atoms. The average molecular weight is 483 g/mol. The molecule has 1 aromatic carbocycles. The van der Waals surface area contributed by atoms with Gasteiger partial charge in [-0.3, -0.25) is 14.7 Å². The highest BCUT2D eigenvalue weighted by Crippen LogP contribution is 2.33. The lowest BCUT2D eigenvalue weighted by atomic mass is 10.2. The number of benzene rings is 1. The van der Waals surface area contributed by atoms with Crippen LogP contribution in [0.4, 0.5) is 5.82 Å². The van der Waals surface area contributed by atoms with Gasteiger partial charge in [0, 0.05) is 11.9 Å². The number of aryl methyl sites for hydroxylation is 1. The highest BCUT2D eigenvalue weighted by Gasteiger charge is 2.21. The van der Waals surface area contributed by atoms with E-state index in [1.54, 1.807) is 19.9 Å². The number of nitrogens with zero attached hydrogens (tertiary/aromatic N) is 3. The third-order valence-corrected chi connectivity index (χ3v) is 6.15. The van der Waals surface area contributed by atoms with Crippen molar-refractivity contribution in [2.75, 3.05) is 18.9 Å². The van der Waals surface area contributed by atoms with E-state index in [0.717, 1.165) is 16.9 Å². The Morgan fingerprint density at radius 1 is 1.18 bits per heavy atom. The number of rotatable bonds is 8. The largest absolute Gasteiger partial charge is 0.462 e. The second-order valence-corrected chi connectivity index (χ2v) is 8.27. The van der Waals surface area contributed by atoms with Crippen molar-refractivity contribution in [3.63, 3.8) is 0 Å². The molecule has 0 radical (unpaired) electrons. The van der Waals surface area contributed by atoms with Crippen LogP contribution in [-0.4, -0.2) is 51.2 Å². The highest BCUT2D eigenvalue weighted by molar-refractivity contribution is 7.20. The SMILES string of the molecule is CCOC(=O)c1sc2nc(COC(=O)CCNC(=O)c3n[nH]c4ccccc34)nc(N)c2c1C. The lowest BCUT2D eigenvalue weighted by molar-refractivity contribution is -0.145. The standard InChI is InChI=1S/C22H22N6O5S/c1-3-32-22(31)18-11(2)16-19(23)25-14(26-21(16)34-18)10-33-15(29)8-9-24-20(30)17-12-6-4-5-7-13(12)27-28-17/h4-7H,3,8-10H2,1-2H3,(H,24,30)(H,27,28)(H2,23,25,26). The van der Waals surface area contributed by atoms with Gasteiger partial charge in [0.2, 0.25) is 0 Å². The Morgan fingerprint density at radius 3 is 2.76 bits per heavy atom. The summed E-state index contributed by atoms with van der Waals surface area (Å²) in [7, 11) is 0. The van der Waals surface area contributed by atoms with Crippen LogP contribution in [-0.2, 0) is 20.9 Å². The van der Waals surface area contributed by atoms with Crippen LogP contribution >= 0.6 is 11.3 Å². The summed E-state index contributed by atoms with van der Waals surface area (Å²) in [4.78, 5) is 46.1. The first kappa shape index (κ1) is 23.1. The molecule has 12 heteroatoms. The molecule has 0 spiro atoms. The Bertz CT molecular complexity index is 1400. The summed E-state index contributed by atoms with van der Waals surface area (Å²) in [6.07, 6.45) is -0.0447. The molecule has 176 valence electrons. The van der Waals surface area contributed by atoms with Crippen LogP contribution in [0.15, 0.2) is 24.3 Å². The Balaban J connectivity index is 1.33. The number of aromatic amines is 1. The molecule has 11 nitrogen and oxygen atoms in total. The van der Waals surface area contributed by atoms with Gasteiger partial charge in [-0.2, -0.15) is 5.10 Å². The second kappa shape index (κ2) is 9.83. The van der Waals surface area contributed by atoms with Crippen molar-refractivity contribution >= 4 is 56.1 Å². The van der Waals surface area contributed by atoms with Crippen molar-refractivity contribution in [2.45, 2.75) is 26.9 Å². The molecule has 4 rings (SSSR count). The predicted octanol–water partition coefficient (Wildman–Crippen LogP) is 2.50. The summed E-state index contributed by atoms with van der Waals surface area (Å²) < 4.78 is 10.3. The molecule has 4 N–H and O–H groups in total. The summed E-state index contributed by atoms with van der Waals surface area (Å²) in [6, 6.07) is 7.26. The van der Waals surface area contributed by atoms with E-state index >= 15 is 0 Å². The first-order valence-corrected chi connectivity index (χ1v) is 11.3. The number of carbonyl (C=O) groups excluding carboxylic acids is 3. The Hall–Kier alpha value is -4.06. The monoisotopic (exact) mass is 482 g/mol. The van der Waals surface area contributed by atoms with Crippen LogP contribution in [0.25, 0.3) is 21.1 Å². The number of aromatic nitrogens is 4. The Morgan fingerprint density at radius 2 is 1.97 bits per heavy atom. The molecule has 0 saturated heterocycles. The molecule has 4 aromatic rings. The topological polar surface area (TPSA) is 162 Å². The van der Waals surface area contributed by atoms with E-state index in [9.17, 15) is 14.4 Å². The highest BCUT2D eigenvalue weighted by atomic mass is 32.1. The quantitative estimate of drug-likeness (QED) is 0.320. The molecule has 34 heavy (non-hydrogen) atoms. The van der Waals surface area contributed by atoms with Gasteiger partial charge in [0.05, 0.1) is 23.9 Å². The number of para-hydroxylation sites is 1. The maximum atomic E-state index is 12.3. The van der Waals surface area contributed by atoms with Crippen molar-refractivity contribution in [2.24, 2.45) is 0 Å². The number of nitrogen functional groups attached to an aromatic ring is 1. The minimum Gasteiger partial charge on any atom is -0.462 e. The summed E-state index contributed by atoms with van der Waals surface area (Å²) in [6.45, 7) is 3.63. The van der Waals surface area contributed by atoms with Crippen molar-refractivity contribution < 1.29 is 23.9 Å². The van der Waals surface area contributed by atoms with Gasteiger partial charge in [-0.1, -0.05) is 18.2 Å². The molecule has 0 aliphatic rings. The van der Waals surface area contributed by atoms with Gasteiger partial charge in [-0.05, 0) is 25.5 Å². The second-order valence-electron chi connectivity index (χ2n) is 7.27. The fraction of sp³-hybridized carbons (Fsp3) is 0.273. The maximum absolute atomic E-state index is 12.3. The summed E-state index contributed by atoms with van der Waals surface area (Å²) in [5.74, 6) is -0.970. The number of amides is 1. The third kappa shape index (κ3) is 4.66. The summed E-state index contributed by atoms with van der Waals surface area (Å²) in [5.41, 5.74) is 7.72. The van der Waals surface area contributed by atoms with Crippen LogP contribution in [0.3, 0.4) is 0 Å². The first-order valence-electron chi connectivity index (χ1n) is 10.5. The van der Waals surface area contributed by atoms with E-state index < -0.39 is 17.8 Å². The van der Waals surface area contributed by atoms with Gasteiger partial charge in [0.25, 0.3) is 5.91 Å². The predicted molar refractivity (Wildman–Crippen MR) is 125 cm³/mol. The zero-order chi connectivity index (χ0) is 24.2. The van der Waals surface area contributed by atoms with Crippen LogP contribution < -0.4 is 11.1 Å². The minimum absolute atomic E-state index is 0.0447. The number of anilines is 1. The number of H-pyrrole nitrogens is 1. The maximum Gasteiger partial charge on any atom is 0.348 e. The molecule has 0 unspecified atom stereocenters. The van der Waals surface area contributed by atoms with E-state index in [2.05, 4.69) is 25.5 Å². The van der Waals surface area contributed by atoms with Gasteiger partial charge in [0.1, 0.15) is 15.5 Å². The Kier molecular flexibility index (Phi) is 6.68. The number of nitrogens with two attached hydrogens (primary N) is 1. The number of hydrogen-bond donors (Lipinski definition) is 3. The molecular weight excluding hydrogens is 460 g/mol. The lowest BCUT2D eigenvalue weighted by Crippen LogP contribution is -2.27. The lowest BCUT2D eigenvalue weighted by Gasteiger charge is -2.06. The van der Waals surface area contributed by atoms with Gasteiger partial charge < -0.3 is 20.5 Å². The van der Waals surface area contributed by atoms with E-state index in [4.69, 9.17) is 15.2 Å². The van der Waals surface area contributed by atoms with E-state index in [1.165, 1.54) is 0 Å². The molecule has 3 aromatic heterocycles. The normalized spacial score (nSPS) is 11.0. The molecule has 0 fully saturated rings. The number of thiophene rings is 1. The van der Waals surface area contributed by atoms with Crippen molar-refractivity contribution in [3.8, 4) is 0 Å². The first-order chi connectivity index (χ1) is 16.4. The van der Waals surface area contributed by atoms with Crippen LogP contribution in [0, 0.1) is 6.92 Å². The fourth-order valence-electron chi connectivity index (χ4n) is 3.39. The van der Waals surface area contributed by atoms with Gasteiger partial charge in [0.15, 0.2) is 18.1 Å². The molecule has 3 heterocycles. The van der Waals surface area contributed by atoms with Crippen LogP contribution in [0.5, 0.6) is 0 Å². The number of ether oxygens (including phenoxy) is 2. The number of esters is 2. The van der Waals surface area contributed by atoms with Crippen molar-refractivity contribution in [1.82, 2.24) is 25.5 Å². The molecule has 0 aliphatic heterocycles. The molecule has 0 saturated carbocycles. The van der Waals surface area contributed by atoms with Gasteiger partial charge in [-0.15, -0.1) is 11.3 Å². The molecule has 0 aliphatic carbocycles. The van der Waals surface area contributed by atoms with E-state index in [1.807, 2.05) is 18.2 Å². The zero-order valence-corrected chi connectivity index (χ0v) is 19.3. The van der Waals surface area contributed by atoms with Crippen LogP contribution in [0.2, 0.25) is 0 Å². The molecule has 0 atom stereocenters. The van der Waals surface area contributed by atoms with Crippen molar-refractivity contribution in [1.29, 1.82) is 0 Å². The number of fused-ring (bicyclic) bond motifs is 2. The molecule has 1 amide bonds. The van der Waals surface area contributed by atoms with Gasteiger partial charge in [-0.25, -0.2) is 14.8 Å². The number of nitrogens with one attached hydrogen (secondary N) is 2.